The monoisotopic (exact) mass is 240 g/mol. The third kappa shape index (κ3) is 2.69. The maximum Gasteiger partial charge on any atom is 0.158 e. The van der Waals surface area contributed by atoms with Gasteiger partial charge in [0.15, 0.2) is 5.78 Å². The summed E-state index contributed by atoms with van der Waals surface area (Å²) in [5.74, 6) is 2.77. The first-order chi connectivity index (χ1) is 7.76. The van der Waals surface area contributed by atoms with E-state index in [2.05, 4.69) is 6.92 Å². The lowest BCUT2D eigenvalue weighted by Gasteiger charge is -2.36. The van der Waals surface area contributed by atoms with Gasteiger partial charge in [-0.15, -0.1) is 0 Å². The molecule has 90 valence electrons. The molecule has 0 N–H and O–H groups in total. The van der Waals surface area contributed by atoms with E-state index in [4.69, 9.17) is 4.74 Å². The van der Waals surface area contributed by atoms with Gasteiger partial charge in [0, 0.05) is 18.3 Å². The number of carbonyl (C=O) groups is 1. The van der Waals surface area contributed by atoms with E-state index in [0.29, 0.717) is 5.78 Å². The Morgan fingerprint density at radius 1 is 1.62 bits per heavy atom. The van der Waals surface area contributed by atoms with Gasteiger partial charge in [0.1, 0.15) is 0 Å². The Bertz CT molecular complexity index is 280. The van der Waals surface area contributed by atoms with Gasteiger partial charge in [-0.3, -0.25) is 4.79 Å². The molecule has 0 amide bonds. The zero-order chi connectivity index (χ0) is 11.4. The summed E-state index contributed by atoms with van der Waals surface area (Å²) in [6.07, 6.45) is 7.64. The van der Waals surface area contributed by atoms with Crippen molar-refractivity contribution in [1.29, 1.82) is 0 Å². The fourth-order valence-electron chi connectivity index (χ4n) is 2.50. The van der Waals surface area contributed by atoms with Crippen LogP contribution in [0, 0.1) is 5.92 Å². The van der Waals surface area contributed by atoms with Gasteiger partial charge in [-0.05, 0) is 37.5 Å². The minimum absolute atomic E-state index is 0.0310. The molecule has 2 saturated heterocycles. The predicted octanol–water partition coefficient (Wildman–Crippen LogP) is 2.82. The van der Waals surface area contributed by atoms with Gasteiger partial charge in [0.05, 0.1) is 5.60 Å². The van der Waals surface area contributed by atoms with E-state index in [-0.39, 0.29) is 11.5 Å². The van der Waals surface area contributed by atoms with Crippen LogP contribution >= 0.6 is 11.8 Å². The third-order valence-corrected chi connectivity index (χ3v) is 4.70. The van der Waals surface area contributed by atoms with E-state index in [1.54, 1.807) is 6.08 Å². The van der Waals surface area contributed by atoms with E-state index in [1.807, 2.05) is 17.8 Å². The van der Waals surface area contributed by atoms with Crippen LogP contribution in [0.2, 0.25) is 0 Å². The molecule has 2 aliphatic rings. The summed E-state index contributed by atoms with van der Waals surface area (Å²) in [7, 11) is 0. The van der Waals surface area contributed by atoms with Crippen LogP contribution in [0.15, 0.2) is 12.2 Å². The molecular formula is C13H20O2S. The quantitative estimate of drug-likeness (QED) is 0.710. The number of ether oxygens (including phenoxy) is 1. The first-order valence-corrected chi connectivity index (χ1v) is 7.33. The first kappa shape index (κ1) is 12.2. The summed E-state index contributed by atoms with van der Waals surface area (Å²) in [5.41, 5.74) is 0.0310. The van der Waals surface area contributed by atoms with Gasteiger partial charge in [-0.25, -0.2) is 0 Å². The Hall–Kier alpha value is -0.280. The van der Waals surface area contributed by atoms with Crippen LogP contribution in [0.3, 0.4) is 0 Å². The summed E-state index contributed by atoms with van der Waals surface area (Å²) in [6.45, 7) is 2.82. The molecule has 2 unspecified atom stereocenters. The molecule has 16 heavy (non-hydrogen) atoms. The molecule has 3 heteroatoms. The second-order valence-electron chi connectivity index (χ2n) is 4.74. The van der Waals surface area contributed by atoms with Crippen LogP contribution in [0.4, 0.5) is 0 Å². The molecule has 0 radical (unpaired) electrons. The van der Waals surface area contributed by atoms with E-state index >= 15 is 0 Å². The van der Waals surface area contributed by atoms with Crippen molar-refractivity contribution < 1.29 is 9.53 Å². The van der Waals surface area contributed by atoms with Crippen molar-refractivity contribution in [1.82, 2.24) is 0 Å². The SMILES string of the molecule is CC/C=C/C(=O)C1CCOC2(CCSC2)C1. The van der Waals surface area contributed by atoms with Crippen molar-refractivity contribution in [2.45, 2.75) is 38.2 Å². The van der Waals surface area contributed by atoms with Crippen molar-refractivity contribution >= 4 is 17.5 Å². The third-order valence-electron chi connectivity index (χ3n) is 3.48. The van der Waals surface area contributed by atoms with Crippen LogP contribution in [0.5, 0.6) is 0 Å². The zero-order valence-electron chi connectivity index (χ0n) is 9.91. The highest BCUT2D eigenvalue weighted by atomic mass is 32.2. The Morgan fingerprint density at radius 2 is 2.50 bits per heavy atom. The van der Waals surface area contributed by atoms with Gasteiger partial charge < -0.3 is 4.74 Å². The Labute approximate surface area is 102 Å². The van der Waals surface area contributed by atoms with E-state index < -0.39 is 0 Å². The van der Waals surface area contributed by atoms with Crippen molar-refractivity contribution in [2.24, 2.45) is 5.92 Å². The van der Waals surface area contributed by atoms with E-state index in [0.717, 1.165) is 38.0 Å². The average Bonchev–Trinajstić information content (AvgIpc) is 2.74. The molecular weight excluding hydrogens is 220 g/mol. The minimum Gasteiger partial charge on any atom is -0.374 e. The molecule has 2 heterocycles. The molecule has 2 nitrogen and oxygen atoms in total. The highest BCUT2D eigenvalue weighted by Crippen LogP contribution is 2.40. The molecule has 0 aromatic rings. The van der Waals surface area contributed by atoms with Gasteiger partial charge in [-0.1, -0.05) is 13.0 Å². The number of ketones is 1. The fourth-order valence-corrected chi connectivity index (χ4v) is 3.88. The number of allylic oxidation sites excluding steroid dienone is 2. The average molecular weight is 240 g/mol. The molecule has 2 rings (SSSR count). The summed E-state index contributed by atoms with van der Waals surface area (Å²) >= 11 is 1.96. The standard InChI is InChI=1S/C13H20O2S/c1-2-3-4-12(14)11-5-7-15-13(9-11)6-8-16-10-13/h3-4,11H,2,5-10H2,1H3/b4-3+. The summed E-state index contributed by atoms with van der Waals surface area (Å²) < 4.78 is 5.91. The van der Waals surface area contributed by atoms with Crippen molar-refractivity contribution in [2.75, 3.05) is 18.1 Å². The molecule has 0 aromatic heterocycles. The maximum absolute atomic E-state index is 11.9. The lowest BCUT2D eigenvalue weighted by molar-refractivity contribution is -0.129. The zero-order valence-corrected chi connectivity index (χ0v) is 10.7. The Balaban J connectivity index is 1.96. The van der Waals surface area contributed by atoms with Crippen LogP contribution in [0.25, 0.3) is 0 Å². The molecule has 0 aromatic carbocycles. The van der Waals surface area contributed by atoms with Gasteiger partial charge in [-0.2, -0.15) is 11.8 Å². The molecule has 0 aliphatic carbocycles. The number of thioether (sulfide) groups is 1. The maximum atomic E-state index is 11.9. The summed E-state index contributed by atoms with van der Waals surface area (Å²) in [5, 5.41) is 0. The highest BCUT2D eigenvalue weighted by Gasteiger charge is 2.41. The minimum atomic E-state index is 0.0310. The number of hydrogen-bond donors (Lipinski definition) is 0. The summed E-state index contributed by atoms with van der Waals surface area (Å²) in [4.78, 5) is 11.9. The fraction of sp³-hybridized carbons (Fsp3) is 0.769. The topological polar surface area (TPSA) is 26.3 Å². The second kappa shape index (κ2) is 5.37. The number of rotatable bonds is 3. The molecule has 2 aliphatic heterocycles. The van der Waals surface area contributed by atoms with Crippen LogP contribution < -0.4 is 0 Å². The van der Waals surface area contributed by atoms with E-state index in [1.165, 1.54) is 5.75 Å². The number of carbonyl (C=O) groups excluding carboxylic acids is 1. The second-order valence-corrected chi connectivity index (χ2v) is 5.84. The van der Waals surface area contributed by atoms with Crippen LogP contribution in [0.1, 0.15) is 32.6 Å². The van der Waals surface area contributed by atoms with Crippen molar-refractivity contribution in [3.05, 3.63) is 12.2 Å². The smallest absolute Gasteiger partial charge is 0.158 e. The van der Waals surface area contributed by atoms with Gasteiger partial charge in [0.2, 0.25) is 0 Å². The van der Waals surface area contributed by atoms with E-state index in [9.17, 15) is 4.79 Å². The summed E-state index contributed by atoms with van der Waals surface area (Å²) in [6, 6.07) is 0. The Morgan fingerprint density at radius 3 is 3.19 bits per heavy atom. The molecule has 0 bridgehead atoms. The lowest BCUT2D eigenvalue weighted by Crippen LogP contribution is -2.41. The number of hydrogen-bond acceptors (Lipinski definition) is 3. The van der Waals surface area contributed by atoms with Crippen molar-refractivity contribution in [3.63, 3.8) is 0 Å². The highest BCUT2D eigenvalue weighted by molar-refractivity contribution is 7.99. The van der Waals surface area contributed by atoms with Crippen molar-refractivity contribution in [3.8, 4) is 0 Å². The molecule has 0 saturated carbocycles. The largest absolute Gasteiger partial charge is 0.374 e. The van der Waals surface area contributed by atoms with Gasteiger partial charge >= 0.3 is 0 Å². The van der Waals surface area contributed by atoms with Crippen LogP contribution in [-0.2, 0) is 9.53 Å². The van der Waals surface area contributed by atoms with Crippen LogP contribution in [-0.4, -0.2) is 29.5 Å². The first-order valence-electron chi connectivity index (χ1n) is 6.18. The molecule has 2 fully saturated rings. The molecule has 1 spiro atoms. The van der Waals surface area contributed by atoms with Gasteiger partial charge in [0.25, 0.3) is 0 Å². The predicted molar refractivity (Wildman–Crippen MR) is 67.8 cm³/mol. The lowest BCUT2D eigenvalue weighted by atomic mass is 9.83. The normalized spacial score (nSPS) is 34.9. The molecule has 2 atom stereocenters. The Kier molecular flexibility index (Phi) is 4.09.